The molecule has 0 spiro atoms. The highest BCUT2D eigenvalue weighted by Gasteiger charge is 2.35. The maximum Gasteiger partial charge on any atom is 0.0465 e. The van der Waals surface area contributed by atoms with Gasteiger partial charge >= 0.3 is 0 Å². The van der Waals surface area contributed by atoms with Crippen molar-refractivity contribution in [2.75, 3.05) is 26.8 Å². The van der Waals surface area contributed by atoms with Crippen LogP contribution in [0.5, 0.6) is 0 Å². The van der Waals surface area contributed by atoms with Gasteiger partial charge in [0.15, 0.2) is 0 Å². The van der Waals surface area contributed by atoms with Gasteiger partial charge in [0, 0.05) is 25.7 Å². The summed E-state index contributed by atoms with van der Waals surface area (Å²) in [5, 5.41) is 3.69. The van der Waals surface area contributed by atoms with E-state index < -0.39 is 0 Å². The first-order chi connectivity index (χ1) is 10.1. The lowest BCUT2D eigenvalue weighted by molar-refractivity contribution is 0.149. The fourth-order valence-corrected chi connectivity index (χ4v) is 3.16. The molecular formula is C19H33NO. The first-order valence-corrected chi connectivity index (χ1v) is 8.32. The van der Waals surface area contributed by atoms with Gasteiger partial charge < -0.3 is 10.1 Å². The van der Waals surface area contributed by atoms with Crippen molar-refractivity contribution in [3.8, 4) is 0 Å². The number of ether oxygens (including phenoxy) is 1. The Balaban J connectivity index is 2.94. The summed E-state index contributed by atoms with van der Waals surface area (Å²) in [6, 6.07) is 11.0. The van der Waals surface area contributed by atoms with Crippen LogP contribution >= 0.6 is 0 Å². The highest BCUT2D eigenvalue weighted by Crippen LogP contribution is 2.37. The second kappa shape index (κ2) is 9.22. The molecule has 120 valence electrons. The van der Waals surface area contributed by atoms with Crippen molar-refractivity contribution in [2.24, 2.45) is 11.8 Å². The molecular weight excluding hydrogens is 258 g/mol. The van der Waals surface area contributed by atoms with Crippen LogP contribution in [-0.4, -0.2) is 26.8 Å². The maximum absolute atomic E-state index is 5.31. The van der Waals surface area contributed by atoms with Crippen molar-refractivity contribution in [1.29, 1.82) is 0 Å². The summed E-state index contributed by atoms with van der Waals surface area (Å²) in [6.45, 7) is 12.1. The van der Waals surface area contributed by atoms with Gasteiger partial charge in [-0.15, -0.1) is 0 Å². The van der Waals surface area contributed by atoms with Crippen LogP contribution < -0.4 is 5.32 Å². The minimum absolute atomic E-state index is 0.189. The molecule has 1 aromatic rings. The van der Waals surface area contributed by atoms with E-state index in [9.17, 15) is 0 Å². The summed E-state index contributed by atoms with van der Waals surface area (Å²) in [5.41, 5.74) is 1.64. The van der Waals surface area contributed by atoms with Crippen LogP contribution in [0.15, 0.2) is 30.3 Å². The molecule has 2 atom stereocenters. The molecule has 0 aliphatic carbocycles. The number of hydrogen-bond acceptors (Lipinski definition) is 2. The van der Waals surface area contributed by atoms with Gasteiger partial charge in [-0.3, -0.25) is 0 Å². The Morgan fingerprint density at radius 3 is 2.33 bits per heavy atom. The van der Waals surface area contributed by atoms with Crippen molar-refractivity contribution in [1.82, 2.24) is 5.32 Å². The third-order valence-electron chi connectivity index (χ3n) is 4.67. The largest absolute Gasteiger partial charge is 0.385 e. The SMILES string of the molecule is CCC(CNCC(C)C)(c1ccccc1)C(C)CCOC. The average molecular weight is 291 g/mol. The molecule has 0 bridgehead atoms. The van der Waals surface area contributed by atoms with Crippen LogP contribution in [0.4, 0.5) is 0 Å². The maximum atomic E-state index is 5.31. The third-order valence-corrected chi connectivity index (χ3v) is 4.67. The van der Waals surface area contributed by atoms with E-state index in [4.69, 9.17) is 4.74 Å². The summed E-state index contributed by atoms with van der Waals surface area (Å²) < 4.78 is 5.31. The Kier molecular flexibility index (Phi) is 7.98. The lowest BCUT2D eigenvalue weighted by Crippen LogP contribution is -2.44. The second-order valence-corrected chi connectivity index (χ2v) is 6.58. The lowest BCUT2D eigenvalue weighted by Gasteiger charge is -2.40. The minimum atomic E-state index is 0.189. The molecule has 2 nitrogen and oxygen atoms in total. The molecule has 0 fully saturated rings. The molecule has 0 saturated heterocycles. The van der Waals surface area contributed by atoms with Crippen LogP contribution in [0.25, 0.3) is 0 Å². The zero-order valence-corrected chi connectivity index (χ0v) is 14.5. The number of nitrogens with one attached hydrogen (secondary N) is 1. The van der Waals surface area contributed by atoms with Gasteiger partial charge in [0.1, 0.15) is 0 Å². The van der Waals surface area contributed by atoms with Crippen LogP contribution in [0.3, 0.4) is 0 Å². The Morgan fingerprint density at radius 2 is 1.81 bits per heavy atom. The van der Waals surface area contributed by atoms with Gasteiger partial charge in [0.25, 0.3) is 0 Å². The quantitative estimate of drug-likeness (QED) is 0.696. The van der Waals surface area contributed by atoms with E-state index in [0.717, 1.165) is 32.5 Å². The molecule has 1 rings (SSSR count). The van der Waals surface area contributed by atoms with E-state index in [0.29, 0.717) is 11.8 Å². The van der Waals surface area contributed by atoms with Gasteiger partial charge in [-0.2, -0.15) is 0 Å². The first kappa shape index (κ1) is 18.2. The minimum Gasteiger partial charge on any atom is -0.385 e. The van der Waals surface area contributed by atoms with E-state index in [1.807, 2.05) is 0 Å². The van der Waals surface area contributed by atoms with Crippen molar-refractivity contribution in [3.63, 3.8) is 0 Å². The topological polar surface area (TPSA) is 21.3 Å². The smallest absolute Gasteiger partial charge is 0.0465 e. The van der Waals surface area contributed by atoms with Crippen LogP contribution in [0, 0.1) is 11.8 Å². The summed E-state index contributed by atoms with van der Waals surface area (Å²) >= 11 is 0. The standard InChI is InChI=1S/C19H33NO/c1-6-19(15-20-14-16(2)3,17(4)12-13-21-5)18-10-8-7-9-11-18/h7-11,16-17,20H,6,12-15H2,1-5H3. The average Bonchev–Trinajstić information content (AvgIpc) is 2.50. The fraction of sp³-hybridized carbons (Fsp3) is 0.684. The van der Waals surface area contributed by atoms with E-state index in [2.05, 4.69) is 63.3 Å². The van der Waals surface area contributed by atoms with Gasteiger partial charge in [-0.1, -0.05) is 58.0 Å². The second-order valence-electron chi connectivity index (χ2n) is 6.58. The number of benzene rings is 1. The van der Waals surface area contributed by atoms with Crippen LogP contribution in [0.2, 0.25) is 0 Å². The number of rotatable bonds is 10. The number of hydrogen-bond donors (Lipinski definition) is 1. The fourth-order valence-electron chi connectivity index (χ4n) is 3.16. The van der Waals surface area contributed by atoms with E-state index in [1.165, 1.54) is 5.56 Å². The van der Waals surface area contributed by atoms with Gasteiger partial charge in [0.2, 0.25) is 0 Å². The summed E-state index contributed by atoms with van der Waals surface area (Å²) in [5.74, 6) is 1.27. The summed E-state index contributed by atoms with van der Waals surface area (Å²) in [4.78, 5) is 0. The molecule has 0 saturated carbocycles. The Bertz CT molecular complexity index is 376. The molecule has 0 heterocycles. The van der Waals surface area contributed by atoms with Crippen molar-refractivity contribution >= 4 is 0 Å². The molecule has 2 unspecified atom stereocenters. The van der Waals surface area contributed by atoms with Gasteiger partial charge in [0.05, 0.1) is 0 Å². The number of methoxy groups -OCH3 is 1. The summed E-state index contributed by atoms with van der Waals surface area (Å²) in [6.07, 6.45) is 2.25. The molecule has 0 radical (unpaired) electrons. The monoisotopic (exact) mass is 291 g/mol. The molecule has 0 aromatic heterocycles. The van der Waals surface area contributed by atoms with Gasteiger partial charge in [-0.05, 0) is 36.8 Å². The van der Waals surface area contributed by atoms with E-state index >= 15 is 0 Å². The molecule has 0 aliphatic heterocycles. The molecule has 1 aromatic carbocycles. The third kappa shape index (κ3) is 5.12. The van der Waals surface area contributed by atoms with Crippen LogP contribution in [-0.2, 0) is 10.2 Å². The Hall–Kier alpha value is -0.860. The normalized spacial score (nSPS) is 15.9. The highest BCUT2D eigenvalue weighted by molar-refractivity contribution is 5.27. The van der Waals surface area contributed by atoms with Crippen LogP contribution in [0.1, 0.15) is 46.1 Å². The van der Waals surface area contributed by atoms with E-state index in [-0.39, 0.29) is 5.41 Å². The van der Waals surface area contributed by atoms with Crippen molar-refractivity contribution in [2.45, 2.75) is 46.0 Å². The predicted octanol–water partition coefficient (Wildman–Crippen LogP) is 4.25. The molecule has 0 amide bonds. The van der Waals surface area contributed by atoms with E-state index in [1.54, 1.807) is 7.11 Å². The zero-order chi connectivity index (χ0) is 15.7. The molecule has 1 N–H and O–H groups in total. The molecule has 21 heavy (non-hydrogen) atoms. The molecule has 2 heteroatoms. The highest BCUT2D eigenvalue weighted by atomic mass is 16.5. The summed E-state index contributed by atoms with van der Waals surface area (Å²) in [7, 11) is 1.79. The lowest BCUT2D eigenvalue weighted by atomic mass is 9.68. The first-order valence-electron chi connectivity index (χ1n) is 8.32. The predicted molar refractivity (Wildman–Crippen MR) is 91.8 cm³/mol. The Morgan fingerprint density at radius 1 is 1.14 bits per heavy atom. The zero-order valence-electron chi connectivity index (χ0n) is 14.5. The Labute approximate surface area is 131 Å². The van der Waals surface area contributed by atoms with Gasteiger partial charge in [-0.25, -0.2) is 0 Å². The molecule has 0 aliphatic rings. The van der Waals surface area contributed by atoms with Crippen molar-refractivity contribution < 1.29 is 4.74 Å². The van der Waals surface area contributed by atoms with Crippen molar-refractivity contribution in [3.05, 3.63) is 35.9 Å².